The molecule has 1 aliphatic rings. The molecule has 1 saturated heterocycles. The second-order valence-corrected chi connectivity index (χ2v) is 5.07. The van der Waals surface area contributed by atoms with E-state index in [4.69, 9.17) is 17.3 Å². The van der Waals surface area contributed by atoms with Crippen molar-refractivity contribution in [2.24, 2.45) is 0 Å². The van der Waals surface area contributed by atoms with Crippen LogP contribution in [-0.4, -0.2) is 30.6 Å². The van der Waals surface area contributed by atoms with Crippen LogP contribution >= 0.6 is 11.6 Å². The van der Waals surface area contributed by atoms with E-state index in [9.17, 15) is 4.39 Å². The Hall–Kier alpha value is -1.00. The lowest BCUT2D eigenvalue weighted by molar-refractivity contribution is 0.277. The van der Waals surface area contributed by atoms with Gasteiger partial charge in [0.25, 0.3) is 0 Å². The second-order valence-electron chi connectivity index (χ2n) is 4.66. The van der Waals surface area contributed by atoms with Crippen molar-refractivity contribution in [3.63, 3.8) is 0 Å². The third-order valence-corrected chi connectivity index (χ3v) is 3.82. The molecule has 3 N–H and O–H groups in total. The number of nitrogens with zero attached hydrogens (tertiary/aromatic N) is 1. The number of hydrogen-bond donors (Lipinski definition) is 2. The molecule has 1 aromatic carbocycles. The highest BCUT2D eigenvalue weighted by molar-refractivity contribution is 6.31. The molecule has 1 heterocycles. The number of rotatable bonds is 4. The molecule has 0 aromatic heterocycles. The number of nitrogen functional groups attached to an aromatic ring is 1. The van der Waals surface area contributed by atoms with Crippen molar-refractivity contribution < 1.29 is 4.39 Å². The van der Waals surface area contributed by atoms with Gasteiger partial charge in [0, 0.05) is 18.7 Å². The number of anilines is 2. The van der Waals surface area contributed by atoms with Gasteiger partial charge >= 0.3 is 0 Å². The van der Waals surface area contributed by atoms with Crippen molar-refractivity contribution in [1.82, 2.24) is 4.90 Å². The molecule has 100 valence electrons. The van der Waals surface area contributed by atoms with Crippen molar-refractivity contribution in [3.8, 4) is 0 Å². The summed E-state index contributed by atoms with van der Waals surface area (Å²) in [6.45, 7) is 5.20. The standard InChI is InChI=1S/C13H19ClFN3/c1-2-18-5-3-4-9(18)8-17-13-6-10(14)11(15)7-12(13)16/h6-7,9,17H,2-5,8,16H2,1H3. The van der Waals surface area contributed by atoms with Crippen molar-refractivity contribution in [2.45, 2.75) is 25.8 Å². The predicted octanol–water partition coefficient (Wildman–Crippen LogP) is 2.96. The van der Waals surface area contributed by atoms with Crippen LogP contribution in [0.3, 0.4) is 0 Å². The van der Waals surface area contributed by atoms with Crippen molar-refractivity contribution in [2.75, 3.05) is 30.7 Å². The number of hydrogen-bond acceptors (Lipinski definition) is 3. The summed E-state index contributed by atoms with van der Waals surface area (Å²) in [5.74, 6) is -0.476. The maximum Gasteiger partial charge on any atom is 0.143 e. The number of nitrogens with one attached hydrogen (secondary N) is 1. The van der Waals surface area contributed by atoms with Gasteiger partial charge in [0.2, 0.25) is 0 Å². The summed E-state index contributed by atoms with van der Waals surface area (Å²) in [6.07, 6.45) is 2.43. The zero-order chi connectivity index (χ0) is 13.1. The zero-order valence-corrected chi connectivity index (χ0v) is 11.3. The molecular weight excluding hydrogens is 253 g/mol. The predicted molar refractivity (Wildman–Crippen MR) is 74.6 cm³/mol. The lowest BCUT2D eigenvalue weighted by atomic mass is 10.2. The van der Waals surface area contributed by atoms with E-state index in [1.54, 1.807) is 6.07 Å². The van der Waals surface area contributed by atoms with Gasteiger partial charge in [-0.1, -0.05) is 18.5 Å². The molecule has 0 saturated carbocycles. The monoisotopic (exact) mass is 271 g/mol. The van der Waals surface area contributed by atoms with E-state index in [-0.39, 0.29) is 5.02 Å². The van der Waals surface area contributed by atoms with Crippen LogP contribution in [0.4, 0.5) is 15.8 Å². The first-order valence-corrected chi connectivity index (χ1v) is 6.72. The van der Waals surface area contributed by atoms with Gasteiger partial charge in [0.05, 0.1) is 16.4 Å². The third kappa shape index (κ3) is 2.87. The van der Waals surface area contributed by atoms with Crippen LogP contribution in [0.2, 0.25) is 5.02 Å². The molecule has 0 bridgehead atoms. The van der Waals surface area contributed by atoms with Crippen LogP contribution < -0.4 is 11.1 Å². The summed E-state index contributed by atoms with van der Waals surface area (Å²) in [4.78, 5) is 2.44. The molecule has 1 aromatic rings. The first-order chi connectivity index (χ1) is 8.61. The normalized spacial score (nSPS) is 20.3. The molecule has 0 spiro atoms. The van der Waals surface area contributed by atoms with Crippen LogP contribution in [-0.2, 0) is 0 Å². The lowest BCUT2D eigenvalue weighted by Crippen LogP contribution is -2.34. The molecule has 1 fully saturated rings. The smallest absolute Gasteiger partial charge is 0.143 e. The second kappa shape index (κ2) is 5.76. The van der Waals surface area contributed by atoms with Crippen LogP contribution in [0.25, 0.3) is 0 Å². The number of halogens is 2. The lowest BCUT2D eigenvalue weighted by Gasteiger charge is -2.23. The van der Waals surface area contributed by atoms with Crippen LogP contribution in [0.5, 0.6) is 0 Å². The van der Waals surface area contributed by atoms with Gasteiger partial charge in [-0.2, -0.15) is 0 Å². The van der Waals surface area contributed by atoms with E-state index in [1.807, 2.05) is 0 Å². The van der Waals surface area contributed by atoms with Gasteiger partial charge in [0.1, 0.15) is 5.82 Å². The Labute approximate surface area is 112 Å². The minimum Gasteiger partial charge on any atom is -0.397 e. The first kappa shape index (κ1) is 13.4. The van der Waals surface area contributed by atoms with Crippen molar-refractivity contribution in [3.05, 3.63) is 23.0 Å². The van der Waals surface area contributed by atoms with Gasteiger partial charge in [-0.3, -0.25) is 4.90 Å². The summed E-state index contributed by atoms with van der Waals surface area (Å²) < 4.78 is 13.2. The fourth-order valence-corrected chi connectivity index (χ4v) is 2.65. The summed E-state index contributed by atoms with van der Waals surface area (Å²) in [5.41, 5.74) is 6.88. The molecule has 18 heavy (non-hydrogen) atoms. The first-order valence-electron chi connectivity index (χ1n) is 6.34. The molecule has 1 unspecified atom stereocenters. The Morgan fingerprint density at radius 2 is 2.33 bits per heavy atom. The summed E-state index contributed by atoms with van der Waals surface area (Å²) in [6, 6.07) is 3.34. The average molecular weight is 272 g/mol. The van der Waals surface area contributed by atoms with Gasteiger partial charge in [-0.05, 0) is 32.0 Å². The van der Waals surface area contributed by atoms with E-state index < -0.39 is 5.82 Å². The Morgan fingerprint density at radius 1 is 1.56 bits per heavy atom. The van der Waals surface area contributed by atoms with E-state index in [0.29, 0.717) is 17.4 Å². The fraction of sp³-hybridized carbons (Fsp3) is 0.538. The number of nitrogens with two attached hydrogens (primary N) is 1. The SMILES string of the molecule is CCN1CCCC1CNc1cc(Cl)c(F)cc1N. The number of likely N-dealkylation sites (tertiary alicyclic amines) is 1. The zero-order valence-electron chi connectivity index (χ0n) is 10.5. The van der Waals surface area contributed by atoms with E-state index in [2.05, 4.69) is 17.1 Å². The topological polar surface area (TPSA) is 41.3 Å². The van der Waals surface area contributed by atoms with E-state index >= 15 is 0 Å². The highest BCUT2D eigenvalue weighted by Gasteiger charge is 2.22. The van der Waals surface area contributed by atoms with E-state index in [1.165, 1.54) is 18.9 Å². The molecular formula is C13H19ClFN3. The molecule has 5 heteroatoms. The Kier molecular flexibility index (Phi) is 4.30. The Bertz CT molecular complexity index is 425. The van der Waals surface area contributed by atoms with Gasteiger partial charge in [-0.15, -0.1) is 0 Å². The molecule has 1 atom stereocenters. The number of benzene rings is 1. The Balaban J connectivity index is 2.00. The largest absolute Gasteiger partial charge is 0.397 e. The van der Waals surface area contributed by atoms with Crippen molar-refractivity contribution >= 4 is 23.0 Å². The molecule has 0 aliphatic carbocycles. The highest BCUT2D eigenvalue weighted by Crippen LogP contribution is 2.27. The average Bonchev–Trinajstić information content (AvgIpc) is 2.79. The molecule has 2 rings (SSSR count). The summed E-state index contributed by atoms with van der Waals surface area (Å²) >= 11 is 5.76. The maximum atomic E-state index is 13.2. The summed E-state index contributed by atoms with van der Waals surface area (Å²) in [7, 11) is 0. The molecule has 0 amide bonds. The van der Waals surface area contributed by atoms with Gasteiger partial charge < -0.3 is 11.1 Å². The minimum absolute atomic E-state index is 0.102. The van der Waals surface area contributed by atoms with Gasteiger partial charge in [-0.25, -0.2) is 4.39 Å². The maximum absolute atomic E-state index is 13.2. The summed E-state index contributed by atoms with van der Waals surface area (Å²) in [5, 5.41) is 3.37. The molecule has 3 nitrogen and oxygen atoms in total. The quantitative estimate of drug-likeness (QED) is 0.828. The molecule has 1 aliphatic heterocycles. The van der Waals surface area contributed by atoms with Gasteiger partial charge in [0.15, 0.2) is 0 Å². The molecule has 0 radical (unpaired) electrons. The van der Waals surface area contributed by atoms with Crippen LogP contribution in [0.1, 0.15) is 19.8 Å². The third-order valence-electron chi connectivity index (χ3n) is 3.53. The number of likely N-dealkylation sites (N-methyl/N-ethyl adjacent to an activating group) is 1. The minimum atomic E-state index is -0.476. The van der Waals surface area contributed by atoms with E-state index in [0.717, 1.165) is 19.6 Å². The fourth-order valence-electron chi connectivity index (χ4n) is 2.49. The highest BCUT2D eigenvalue weighted by atomic mass is 35.5. The van der Waals surface area contributed by atoms with Crippen molar-refractivity contribution in [1.29, 1.82) is 0 Å². The Morgan fingerprint density at radius 3 is 3.06 bits per heavy atom. The van der Waals surface area contributed by atoms with Crippen LogP contribution in [0.15, 0.2) is 12.1 Å². The van der Waals surface area contributed by atoms with Crippen LogP contribution in [0, 0.1) is 5.82 Å².